The minimum absolute atomic E-state index is 0.436. The third kappa shape index (κ3) is 2.05. The van der Waals surface area contributed by atoms with Crippen LogP contribution in [0, 0.1) is 13.8 Å². The maximum absolute atomic E-state index is 10.7. The summed E-state index contributed by atoms with van der Waals surface area (Å²) in [5, 5.41) is 9.19. The number of nitrogens with two attached hydrogens (primary N) is 1. The van der Waals surface area contributed by atoms with Gasteiger partial charge in [-0.05, 0) is 25.0 Å². The van der Waals surface area contributed by atoms with Crippen LogP contribution in [0.1, 0.15) is 22.7 Å². The van der Waals surface area contributed by atoms with Crippen LogP contribution in [-0.4, -0.2) is 11.1 Å². The third-order valence-corrected chi connectivity index (χ3v) is 2.54. The lowest BCUT2D eigenvalue weighted by atomic mass is 10.0. The zero-order valence-electron chi connectivity index (χ0n) is 8.04. The van der Waals surface area contributed by atoms with Gasteiger partial charge in [-0.1, -0.05) is 29.3 Å². The van der Waals surface area contributed by atoms with Gasteiger partial charge in [-0.25, -0.2) is 0 Å². The van der Waals surface area contributed by atoms with Crippen molar-refractivity contribution in [3.8, 4) is 0 Å². The van der Waals surface area contributed by atoms with Crippen LogP contribution in [-0.2, 0) is 4.79 Å². The van der Waals surface area contributed by atoms with Gasteiger partial charge >= 0.3 is 5.97 Å². The Hall–Kier alpha value is -1.06. The molecular weight excluding hydrogens is 202 g/mol. The molecule has 1 atom stereocenters. The summed E-state index contributed by atoms with van der Waals surface area (Å²) in [5.74, 6) is -1.07. The minimum atomic E-state index is -1.07. The zero-order valence-corrected chi connectivity index (χ0v) is 8.80. The van der Waals surface area contributed by atoms with Gasteiger partial charge in [0.1, 0.15) is 6.04 Å². The Morgan fingerprint density at radius 2 is 2.07 bits per heavy atom. The topological polar surface area (TPSA) is 63.3 Å². The van der Waals surface area contributed by atoms with Crippen molar-refractivity contribution in [2.24, 2.45) is 5.73 Å². The largest absolute Gasteiger partial charge is 0.480 e. The van der Waals surface area contributed by atoms with E-state index in [2.05, 4.69) is 0 Å². The normalized spacial score (nSPS) is 12.6. The highest BCUT2D eigenvalue weighted by molar-refractivity contribution is 6.32. The molecule has 1 aromatic carbocycles. The first kappa shape index (κ1) is 11.0. The molecular formula is C10H12ClNO2. The van der Waals surface area contributed by atoms with E-state index in [9.17, 15) is 4.79 Å². The predicted octanol–water partition coefficient (Wildman–Crippen LogP) is 2.04. The number of rotatable bonds is 2. The van der Waals surface area contributed by atoms with Crippen molar-refractivity contribution in [1.29, 1.82) is 0 Å². The molecule has 76 valence electrons. The molecule has 0 fully saturated rings. The molecule has 0 aromatic heterocycles. The Balaban J connectivity index is 3.26. The second-order valence-electron chi connectivity index (χ2n) is 3.30. The first-order valence-corrected chi connectivity index (χ1v) is 4.56. The fourth-order valence-electron chi connectivity index (χ4n) is 1.34. The second-order valence-corrected chi connectivity index (χ2v) is 3.68. The average Bonchev–Trinajstić information content (AvgIpc) is 2.09. The van der Waals surface area contributed by atoms with Crippen molar-refractivity contribution in [2.45, 2.75) is 19.9 Å². The molecule has 0 aliphatic rings. The van der Waals surface area contributed by atoms with E-state index in [1.807, 2.05) is 19.9 Å². The van der Waals surface area contributed by atoms with E-state index >= 15 is 0 Å². The molecule has 0 saturated heterocycles. The van der Waals surface area contributed by atoms with Crippen molar-refractivity contribution < 1.29 is 9.90 Å². The molecule has 3 nitrogen and oxygen atoms in total. The summed E-state index contributed by atoms with van der Waals surface area (Å²) < 4.78 is 0. The van der Waals surface area contributed by atoms with Gasteiger partial charge in [0.2, 0.25) is 0 Å². The molecule has 0 bridgehead atoms. The number of carbonyl (C=O) groups is 1. The van der Waals surface area contributed by atoms with Gasteiger partial charge in [0.05, 0.1) is 0 Å². The molecule has 14 heavy (non-hydrogen) atoms. The van der Waals surface area contributed by atoms with Crippen LogP contribution in [0.2, 0.25) is 5.02 Å². The Kier molecular flexibility index (Phi) is 3.13. The number of carboxylic acids is 1. The Bertz CT molecular complexity index is 377. The van der Waals surface area contributed by atoms with E-state index < -0.39 is 12.0 Å². The van der Waals surface area contributed by atoms with Crippen molar-refractivity contribution in [3.05, 3.63) is 33.8 Å². The van der Waals surface area contributed by atoms with E-state index in [4.69, 9.17) is 22.4 Å². The highest BCUT2D eigenvalue weighted by Gasteiger charge is 2.18. The lowest BCUT2D eigenvalue weighted by molar-refractivity contribution is -0.138. The lowest BCUT2D eigenvalue weighted by Crippen LogP contribution is -2.21. The summed E-state index contributed by atoms with van der Waals surface area (Å²) in [5.41, 5.74) is 7.76. The second kappa shape index (κ2) is 3.98. The standard InChI is InChI=1S/C10H12ClNO2/c1-5-3-6(2)8(11)7(4-5)9(12)10(13)14/h3-4,9H,12H2,1-2H3,(H,13,14). The van der Waals surface area contributed by atoms with Gasteiger partial charge in [-0.2, -0.15) is 0 Å². The molecule has 1 unspecified atom stereocenters. The van der Waals surface area contributed by atoms with Gasteiger partial charge < -0.3 is 10.8 Å². The summed E-state index contributed by atoms with van der Waals surface area (Å²) in [6.45, 7) is 3.70. The number of hydrogen-bond acceptors (Lipinski definition) is 2. The van der Waals surface area contributed by atoms with Crippen molar-refractivity contribution in [3.63, 3.8) is 0 Å². The third-order valence-electron chi connectivity index (χ3n) is 2.03. The fraction of sp³-hybridized carbons (Fsp3) is 0.300. The van der Waals surface area contributed by atoms with Gasteiger partial charge in [0.25, 0.3) is 0 Å². The van der Waals surface area contributed by atoms with E-state index in [0.717, 1.165) is 11.1 Å². The van der Waals surface area contributed by atoms with Crippen LogP contribution < -0.4 is 5.73 Å². The molecule has 1 rings (SSSR count). The van der Waals surface area contributed by atoms with Gasteiger partial charge in [0, 0.05) is 5.02 Å². The van der Waals surface area contributed by atoms with Crippen LogP contribution in [0.4, 0.5) is 0 Å². The molecule has 1 aromatic rings. The Labute approximate surface area is 87.5 Å². The maximum Gasteiger partial charge on any atom is 0.325 e. The van der Waals surface area contributed by atoms with Crippen molar-refractivity contribution in [2.75, 3.05) is 0 Å². The number of aliphatic carboxylic acids is 1. The highest BCUT2D eigenvalue weighted by atomic mass is 35.5. The smallest absolute Gasteiger partial charge is 0.325 e. The summed E-state index contributed by atoms with van der Waals surface area (Å²) in [4.78, 5) is 10.7. The fourth-order valence-corrected chi connectivity index (χ4v) is 1.57. The predicted molar refractivity (Wildman–Crippen MR) is 55.5 cm³/mol. The van der Waals surface area contributed by atoms with Gasteiger partial charge in [0.15, 0.2) is 0 Å². The van der Waals surface area contributed by atoms with Crippen molar-refractivity contribution in [1.82, 2.24) is 0 Å². The number of hydrogen-bond donors (Lipinski definition) is 2. The lowest BCUT2D eigenvalue weighted by Gasteiger charge is -2.12. The van der Waals surface area contributed by atoms with Gasteiger partial charge in [-0.3, -0.25) is 4.79 Å². The minimum Gasteiger partial charge on any atom is -0.480 e. The molecule has 0 spiro atoms. The number of benzene rings is 1. The van der Waals surface area contributed by atoms with Crippen LogP contribution in [0.5, 0.6) is 0 Å². The molecule has 0 heterocycles. The van der Waals surface area contributed by atoms with Crippen LogP contribution in [0.3, 0.4) is 0 Å². The summed E-state index contributed by atoms with van der Waals surface area (Å²) in [7, 11) is 0. The quantitative estimate of drug-likeness (QED) is 0.790. The van der Waals surface area contributed by atoms with E-state index in [-0.39, 0.29) is 0 Å². The Morgan fingerprint density at radius 1 is 1.50 bits per heavy atom. The molecule has 0 aliphatic carbocycles. The average molecular weight is 214 g/mol. The highest BCUT2D eigenvalue weighted by Crippen LogP contribution is 2.26. The van der Waals surface area contributed by atoms with Crippen LogP contribution in [0.15, 0.2) is 12.1 Å². The number of carboxylic acid groups (broad SMARTS) is 1. The molecule has 4 heteroatoms. The van der Waals surface area contributed by atoms with E-state index in [0.29, 0.717) is 10.6 Å². The Morgan fingerprint density at radius 3 is 2.57 bits per heavy atom. The maximum atomic E-state index is 10.7. The molecule has 0 amide bonds. The van der Waals surface area contributed by atoms with Crippen LogP contribution in [0.25, 0.3) is 0 Å². The molecule has 3 N–H and O–H groups in total. The summed E-state index contributed by atoms with van der Waals surface area (Å²) >= 11 is 5.96. The SMILES string of the molecule is Cc1cc(C)c(Cl)c(C(N)C(=O)O)c1. The summed E-state index contributed by atoms with van der Waals surface area (Å²) in [6, 6.07) is 2.54. The van der Waals surface area contributed by atoms with E-state index in [1.54, 1.807) is 6.07 Å². The first-order valence-electron chi connectivity index (χ1n) is 4.18. The van der Waals surface area contributed by atoms with E-state index in [1.165, 1.54) is 0 Å². The van der Waals surface area contributed by atoms with Crippen LogP contribution >= 0.6 is 11.6 Å². The number of halogens is 1. The molecule has 0 aliphatic heterocycles. The van der Waals surface area contributed by atoms with Gasteiger partial charge in [-0.15, -0.1) is 0 Å². The monoisotopic (exact) mass is 213 g/mol. The molecule has 0 radical (unpaired) electrons. The summed E-state index contributed by atoms with van der Waals surface area (Å²) in [6.07, 6.45) is 0. The number of aryl methyl sites for hydroxylation is 2. The molecule has 0 saturated carbocycles. The first-order chi connectivity index (χ1) is 6.43. The van der Waals surface area contributed by atoms with Crippen molar-refractivity contribution >= 4 is 17.6 Å². The zero-order chi connectivity index (χ0) is 10.9.